The number of para-hydroxylation sites is 1. The molecule has 0 atom stereocenters. The van der Waals surface area contributed by atoms with Crippen LogP contribution in [0, 0.1) is 13.8 Å². The first-order valence-electron chi connectivity index (χ1n) is 10.0. The van der Waals surface area contributed by atoms with Crippen LogP contribution in [-0.4, -0.2) is 49.4 Å². The summed E-state index contributed by atoms with van der Waals surface area (Å²) in [6.07, 6.45) is 0.891. The summed E-state index contributed by atoms with van der Waals surface area (Å²) in [5, 5.41) is 3.04. The van der Waals surface area contributed by atoms with E-state index in [9.17, 15) is 9.59 Å². The molecule has 0 saturated carbocycles. The second-order valence-corrected chi connectivity index (χ2v) is 7.65. The third-order valence-electron chi connectivity index (χ3n) is 5.31. The Labute approximate surface area is 167 Å². The predicted molar refractivity (Wildman–Crippen MR) is 112 cm³/mol. The summed E-state index contributed by atoms with van der Waals surface area (Å²) < 4.78 is 0. The van der Waals surface area contributed by atoms with E-state index >= 15 is 0 Å². The Hall–Kier alpha value is -2.66. The van der Waals surface area contributed by atoms with Gasteiger partial charge in [0.2, 0.25) is 0 Å². The molecule has 0 radical (unpaired) electrons. The summed E-state index contributed by atoms with van der Waals surface area (Å²) in [4.78, 5) is 28.4. The van der Waals surface area contributed by atoms with Gasteiger partial charge in [-0.05, 0) is 44.0 Å². The molecule has 1 fully saturated rings. The average Bonchev–Trinajstić information content (AvgIpc) is 2.67. The molecule has 3 rings (SSSR count). The standard InChI is InChI=1S/C23H29N3O2/c1-4-19-7-5-6-8-21(19)24-22(27)16-25-9-11-26(12-10-25)23(28)20-14-17(2)13-18(3)15-20/h5-8,13-15H,4,9-12,16H2,1-3H3,(H,24,27)/p+1. The highest BCUT2D eigenvalue weighted by molar-refractivity contribution is 5.94. The first-order chi connectivity index (χ1) is 13.5. The molecule has 2 amide bonds. The topological polar surface area (TPSA) is 53.9 Å². The summed E-state index contributed by atoms with van der Waals surface area (Å²) in [5.41, 5.74) is 5.02. The van der Waals surface area contributed by atoms with Gasteiger partial charge in [0.05, 0.1) is 26.2 Å². The number of nitrogens with zero attached hydrogens (tertiary/aromatic N) is 1. The number of nitrogens with one attached hydrogen (secondary N) is 2. The number of amides is 2. The van der Waals surface area contributed by atoms with Crippen molar-refractivity contribution in [3.63, 3.8) is 0 Å². The molecule has 5 heteroatoms. The smallest absolute Gasteiger partial charge is 0.279 e. The van der Waals surface area contributed by atoms with Gasteiger partial charge >= 0.3 is 0 Å². The zero-order valence-electron chi connectivity index (χ0n) is 17.0. The number of carbonyl (C=O) groups excluding carboxylic acids is 2. The van der Waals surface area contributed by atoms with E-state index in [1.165, 1.54) is 4.90 Å². The zero-order valence-corrected chi connectivity index (χ0v) is 17.0. The van der Waals surface area contributed by atoms with Crippen LogP contribution in [0.2, 0.25) is 0 Å². The van der Waals surface area contributed by atoms with Gasteiger partial charge in [-0.15, -0.1) is 0 Å². The Kier molecular flexibility index (Phi) is 6.47. The second-order valence-electron chi connectivity index (χ2n) is 7.65. The summed E-state index contributed by atoms with van der Waals surface area (Å²) in [7, 11) is 0. The van der Waals surface area contributed by atoms with Gasteiger partial charge in [-0.3, -0.25) is 9.59 Å². The van der Waals surface area contributed by atoms with E-state index < -0.39 is 0 Å². The summed E-state index contributed by atoms with van der Waals surface area (Å²) in [5.74, 6) is 0.122. The fourth-order valence-electron chi connectivity index (χ4n) is 3.86. The predicted octanol–water partition coefficient (Wildman–Crippen LogP) is 1.85. The molecular weight excluding hydrogens is 350 g/mol. The lowest BCUT2D eigenvalue weighted by atomic mass is 10.1. The van der Waals surface area contributed by atoms with Crippen molar-refractivity contribution in [1.29, 1.82) is 0 Å². The van der Waals surface area contributed by atoms with E-state index in [4.69, 9.17) is 0 Å². The van der Waals surface area contributed by atoms with Crippen molar-refractivity contribution in [2.75, 3.05) is 38.0 Å². The van der Waals surface area contributed by atoms with E-state index in [0.29, 0.717) is 19.6 Å². The Morgan fingerprint density at radius 1 is 1.04 bits per heavy atom. The highest BCUT2D eigenvalue weighted by atomic mass is 16.2. The van der Waals surface area contributed by atoms with Crippen molar-refractivity contribution < 1.29 is 14.5 Å². The second kappa shape index (κ2) is 9.02. The zero-order chi connectivity index (χ0) is 20.1. The first kappa shape index (κ1) is 20.1. The minimum Gasteiger partial charge on any atom is -0.327 e. The van der Waals surface area contributed by atoms with Crippen LogP contribution in [0.3, 0.4) is 0 Å². The highest BCUT2D eigenvalue weighted by Gasteiger charge is 2.26. The molecule has 5 nitrogen and oxygen atoms in total. The number of rotatable bonds is 5. The molecule has 28 heavy (non-hydrogen) atoms. The molecule has 1 aliphatic rings. The molecule has 148 valence electrons. The number of quaternary nitrogens is 1. The van der Waals surface area contributed by atoms with Crippen LogP contribution in [0.1, 0.15) is 34.0 Å². The van der Waals surface area contributed by atoms with Crippen molar-refractivity contribution in [2.24, 2.45) is 0 Å². The first-order valence-corrected chi connectivity index (χ1v) is 10.0. The summed E-state index contributed by atoms with van der Waals surface area (Å²) >= 11 is 0. The van der Waals surface area contributed by atoms with Gasteiger partial charge in [0, 0.05) is 11.3 Å². The normalized spacial score (nSPS) is 14.8. The number of carbonyl (C=O) groups is 2. The lowest BCUT2D eigenvalue weighted by molar-refractivity contribution is -0.895. The number of piperazine rings is 1. The molecule has 0 bridgehead atoms. The average molecular weight is 381 g/mol. The van der Waals surface area contributed by atoms with Gasteiger partial charge in [0.15, 0.2) is 6.54 Å². The highest BCUT2D eigenvalue weighted by Crippen LogP contribution is 2.15. The lowest BCUT2D eigenvalue weighted by Gasteiger charge is -2.32. The molecule has 1 heterocycles. The number of benzene rings is 2. The molecule has 2 aromatic carbocycles. The SMILES string of the molecule is CCc1ccccc1NC(=O)C[NH+]1CCN(C(=O)c2cc(C)cc(C)c2)CC1. The van der Waals surface area contributed by atoms with Crippen LogP contribution >= 0.6 is 0 Å². The maximum absolute atomic E-state index is 12.8. The molecular formula is C23H30N3O2+. The third-order valence-corrected chi connectivity index (χ3v) is 5.31. The number of anilines is 1. The molecule has 2 N–H and O–H groups in total. The van der Waals surface area contributed by atoms with E-state index in [-0.39, 0.29) is 11.8 Å². The van der Waals surface area contributed by atoms with Gasteiger partial charge in [-0.2, -0.15) is 0 Å². The fraction of sp³-hybridized carbons (Fsp3) is 0.391. The van der Waals surface area contributed by atoms with Crippen LogP contribution in [0.5, 0.6) is 0 Å². The van der Waals surface area contributed by atoms with E-state index in [1.807, 2.05) is 55.1 Å². The third kappa shape index (κ3) is 4.98. The Morgan fingerprint density at radius 3 is 2.32 bits per heavy atom. The molecule has 0 aromatic heterocycles. The maximum atomic E-state index is 12.8. The van der Waals surface area contributed by atoms with E-state index in [0.717, 1.165) is 47.5 Å². The van der Waals surface area contributed by atoms with Gasteiger partial charge in [0.1, 0.15) is 0 Å². The number of hydrogen-bond acceptors (Lipinski definition) is 2. The van der Waals surface area contributed by atoms with Gasteiger partial charge in [-0.25, -0.2) is 0 Å². The molecule has 0 aliphatic carbocycles. The quantitative estimate of drug-likeness (QED) is 0.832. The molecule has 2 aromatic rings. The number of aryl methyl sites for hydroxylation is 3. The van der Waals surface area contributed by atoms with Gasteiger partial charge in [-0.1, -0.05) is 42.3 Å². The van der Waals surface area contributed by atoms with Crippen molar-refractivity contribution in [2.45, 2.75) is 27.2 Å². The summed E-state index contributed by atoms with van der Waals surface area (Å²) in [6, 6.07) is 13.9. The molecule has 1 saturated heterocycles. The van der Waals surface area contributed by atoms with Crippen molar-refractivity contribution in [1.82, 2.24) is 4.90 Å². The summed E-state index contributed by atoms with van der Waals surface area (Å²) in [6.45, 7) is 9.49. The monoisotopic (exact) mass is 380 g/mol. The van der Waals surface area contributed by atoms with Crippen LogP contribution in [0.4, 0.5) is 5.69 Å². The van der Waals surface area contributed by atoms with Crippen molar-refractivity contribution in [3.05, 3.63) is 64.7 Å². The van der Waals surface area contributed by atoms with Gasteiger partial charge in [0.25, 0.3) is 11.8 Å². The lowest BCUT2D eigenvalue weighted by Crippen LogP contribution is -3.15. The largest absolute Gasteiger partial charge is 0.327 e. The molecule has 0 unspecified atom stereocenters. The van der Waals surface area contributed by atoms with E-state index in [2.05, 4.69) is 18.3 Å². The Balaban J connectivity index is 1.52. The van der Waals surface area contributed by atoms with Crippen LogP contribution < -0.4 is 10.2 Å². The minimum absolute atomic E-state index is 0.0324. The van der Waals surface area contributed by atoms with Crippen molar-refractivity contribution in [3.8, 4) is 0 Å². The van der Waals surface area contributed by atoms with Crippen molar-refractivity contribution >= 4 is 17.5 Å². The molecule has 0 spiro atoms. The van der Waals surface area contributed by atoms with E-state index in [1.54, 1.807) is 0 Å². The van der Waals surface area contributed by atoms with Gasteiger partial charge < -0.3 is 15.1 Å². The fourth-order valence-corrected chi connectivity index (χ4v) is 3.86. The van der Waals surface area contributed by atoms with Crippen LogP contribution in [0.25, 0.3) is 0 Å². The Bertz CT molecular complexity index is 834. The van der Waals surface area contributed by atoms with Crippen LogP contribution in [0.15, 0.2) is 42.5 Å². The molecule has 1 aliphatic heterocycles. The Morgan fingerprint density at radius 2 is 1.68 bits per heavy atom. The van der Waals surface area contributed by atoms with Crippen LogP contribution in [-0.2, 0) is 11.2 Å². The minimum atomic E-state index is 0.0324. The number of hydrogen-bond donors (Lipinski definition) is 2. The maximum Gasteiger partial charge on any atom is 0.279 e.